The SMILES string of the molecule is CC(CN(C)C)NCC1CCCCN1C(=O)OC(C)(C)C. The smallest absolute Gasteiger partial charge is 0.410 e. The fourth-order valence-electron chi connectivity index (χ4n) is 2.72. The first-order valence-electron chi connectivity index (χ1n) is 8.07. The van der Waals surface area contributed by atoms with Crippen molar-refractivity contribution < 1.29 is 9.53 Å². The lowest BCUT2D eigenvalue weighted by atomic mass is 10.0. The van der Waals surface area contributed by atoms with Crippen molar-refractivity contribution in [2.75, 3.05) is 33.7 Å². The number of hydrogen-bond donors (Lipinski definition) is 1. The third kappa shape index (κ3) is 7.14. The number of carbonyl (C=O) groups is 1. The summed E-state index contributed by atoms with van der Waals surface area (Å²) in [4.78, 5) is 16.4. The number of hydrogen-bond acceptors (Lipinski definition) is 4. The Morgan fingerprint density at radius 1 is 1.38 bits per heavy atom. The summed E-state index contributed by atoms with van der Waals surface area (Å²) in [6.07, 6.45) is 3.15. The maximum atomic E-state index is 12.3. The minimum atomic E-state index is -0.426. The van der Waals surface area contributed by atoms with Crippen LogP contribution in [0.15, 0.2) is 0 Å². The molecule has 1 heterocycles. The molecule has 2 atom stereocenters. The number of carbonyl (C=O) groups excluding carboxylic acids is 1. The Bertz CT molecular complexity index is 326. The second kappa shape index (κ2) is 7.99. The van der Waals surface area contributed by atoms with Gasteiger partial charge in [0, 0.05) is 31.7 Å². The Hall–Kier alpha value is -0.810. The third-order valence-corrected chi connectivity index (χ3v) is 3.60. The van der Waals surface area contributed by atoms with Crippen molar-refractivity contribution in [2.45, 2.75) is 64.6 Å². The number of likely N-dealkylation sites (N-methyl/N-ethyl adjacent to an activating group) is 1. The van der Waals surface area contributed by atoms with Crippen LogP contribution < -0.4 is 5.32 Å². The second-order valence-electron chi connectivity index (χ2n) is 7.39. The van der Waals surface area contributed by atoms with Gasteiger partial charge in [-0.15, -0.1) is 0 Å². The zero-order chi connectivity index (χ0) is 16.0. The van der Waals surface area contributed by atoms with Crippen molar-refractivity contribution in [3.05, 3.63) is 0 Å². The van der Waals surface area contributed by atoms with Crippen LogP contribution in [0.3, 0.4) is 0 Å². The van der Waals surface area contributed by atoms with Crippen molar-refractivity contribution >= 4 is 6.09 Å². The Morgan fingerprint density at radius 2 is 2.05 bits per heavy atom. The van der Waals surface area contributed by atoms with E-state index in [2.05, 4.69) is 31.2 Å². The van der Waals surface area contributed by atoms with Gasteiger partial charge in [-0.1, -0.05) is 0 Å². The molecule has 0 aliphatic carbocycles. The van der Waals surface area contributed by atoms with Crippen LogP contribution in [0.4, 0.5) is 4.79 Å². The summed E-state index contributed by atoms with van der Waals surface area (Å²) >= 11 is 0. The Kier molecular flexibility index (Phi) is 6.94. The minimum Gasteiger partial charge on any atom is -0.444 e. The molecule has 1 aliphatic heterocycles. The molecule has 0 aromatic rings. The Morgan fingerprint density at radius 3 is 2.62 bits per heavy atom. The van der Waals surface area contributed by atoms with Gasteiger partial charge >= 0.3 is 6.09 Å². The summed E-state index contributed by atoms with van der Waals surface area (Å²) in [5.74, 6) is 0. The number of ether oxygens (including phenoxy) is 1. The van der Waals surface area contributed by atoms with Crippen molar-refractivity contribution in [3.8, 4) is 0 Å². The van der Waals surface area contributed by atoms with E-state index in [0.717, 1.165) is 32.5 Å². The molecule has 1 N–H and O–H groups in total. The molecule has 1 aliphatic rings. The van der Waals surface area contributed by atoms with Crippen LogP contribution >= 0.6 is 0 Å². The van der Waals surface area contributed by atoms with Crippen LogP contribution in [-0.2, 0) is 4.74 Å². The molecule has 0 spiro atoms. The van der Waals surface area contributed by atoms with E-state index in [1.165, 1.54) is 6.42 Å². The largest absolute Gasteiger partial charge is 0.444 e. The van der Waals surface area contributed by atoms with Crippen LogP contribution in [0.25, 0.3) is 0 Å². The molecule has 1 fully saturated rings. The normalized spacial score (nSPS) is 21.5. The standard InChI is InChI=1S/C16H33N3O2/c1-13(12-18(5)6)17-11-14-9-7-8-10-19(14)15(20)21-16(2,3)4/h13-14,17H,7-12H2,1-6H3. The summed E-state index contributed by atoms with van der Waals surface area (Å²) in [6.45, 7) is 10.6. The Labute approximate surface area is 130 Å². The van der Waals surface area contributed by atoms with Crippen molar-refractivity contribution in [1.29, 1.82) is 0 Å². The molecule has 1 saturated heterocycles. The second-order valence-corrected chi connectivity index (χ2v) is 7.39. The van der Waals surface area contributed by atoms with E-state index < -0.39 is 5.60 Å². The highest BCUT2D eigenvalue weighted by atomic mass is 16.6. The molecule has 124 valence electrons. The van der Waals surface area contributed by atoms with E-state index in [1.54, 1.807) is 0 Å². The molecule has 0 radical (unpaired) electrons. The fraction of sp³-hybridized carbons (Fsp3) is 0.938. The molecule has 0 aromatic heterocycles. The van der Waals surface area contributed by atoms with Crippen LogP contribution in [-0.4, -0.2) is 67.3 Å². The van der Waals surface area contributed by atoms with Gasteiger partial charge in [-0.3, -0.25) is 0 Å². The highest BCUT2D eigenvalue weighted by Gasteiger charge is 2.30. The zero-order valence-corrected chi connectivity index (χ0v) is 14.6. The number of amides is 1. The minimum absolute atomic E-state index is 0.172. The van der Waals surface area contributed by atoms with E-state index in [-0.39, 0.29) is 12.1 Å². The lowest BCUT2D eigenvalue weighted by Crippen LogP contribution is -2.51. The van der Waals surface area contributed by atoms with Gasteiger partial charge in [0.05, 0.1) is 0 Å². The van der Waals surface area contributed by atoms with E-state index in [0.29, 0.717) is 6.04 Å². The molecule has 0 bridgehead atoms. The predicted molar refractivity (Wildman–Crippen MR) is 86.6 cm³/mol. The molecule has 1 amide bonds. The van der Waals surface area contributed by atoms with Gasteiger partial charge in [0.1, 0.15) is 5.60 Å². The van der Waals surface area contributed by atoms with Crippen LogP contribution in [0.5, 0.6) is 0 Å². The van der Waals surface area contributed by atoms with Crippen molar-refractivity contribution in [2.24, 2.45) is 0 Å². The number of likely N-dealkylation sites (tertiary alicyclic amines) is 1. The monoisotopic (exact) mass is 299 g/mol. The van der Waals surface area contributed by atoms with Crippen LogP contribution in [0.1, 0.15) is 47.0 Å². The molecule has 5 nitrogen and oxygen atoms in total. The zero-order valence-electron chi connectivity index (χ0n) is 14.6. The van der Waals surface area contributed by atoms with Crippen molar-refractivity contribution in [3.63, 3.8) is 0 Å². The molecular weight excluding hydrogens is 266 g/mol. The summed E-state index contributed by atoms with van der Waals surface area (Å²) < 4.78 is 5.53. The molecule has 2 unspecified atom stereocenters. The topological polar surface area (TPSA) is 44.8 Å². The third-order valence-electron chi connectivity index (χ3n) is 3.60. The first-order valence-corrected chi connectivity index (χ1v) is 8.07. The first-order chi connectivity index (χ1) is 9.69. The number of rotatable bonds is 5. The van der Waals surface area contributed by atoms with E-state index >= 15 is 0 Å². The van der Waals surface area contributed by atoms with Crippen molar-refractivity contribution in [1.82, 2.24) is 15.1 Å². The maximum Gasteiger partial charge on any atom is 0.410 e. The molecule has 21 heavy (non-hydrogen) atoms. The van der Waals surface area contributed by atoms with Crippen LogP contribution in [0, 0.1) is 0 Å². The summed E-state index contributed by atoms with van der Waals surface area (Å²) in [7, 11) is 4.15. The quantitative estimate of drug-likeness (QED) is 0.846. The number of piperidine rings is 1. The average Bonchev–Trinajstić information content (AvgIpc) is 2.33. The molecule has 5 heteroatoms. The van der Waals surface area contributed by atoms with Gasteiger partial charge < -0.3 is 19.9 Å². The molecule has 1 rings (SSSR count). The molecule has 0 aromatic carbocycles. The number of nitrogens with one attached hydrogen (secondary N) is 1. The lowest BCUT2D eigenvalue weighted by Gasteiger charge is -2.37. The first kappa shape index (κ1) is 18.2. The predicted octanol–water partition coefficient (Wildman–Crippen LogP) is 2.32. The van der Waals surface area contributed by atoms with E-state index in [1.807, 2.05) is 25.7 Å². The van der Waals surface area contributed by atoms with Crippen LogP contribution in [0.2, 0.25) is 0 Å². The summed E-state index contributed by atoms with van der Waals surface area (Å²) in [5, 5.41) is 3.54. The van der Waals surface area contributed by atoms with Gasteiger partial charge in [0.2, 0.25) is 0 Å². The fourth-order valence-corrected chi connectivity index (χ4v) is 2.72. The van der Waals surface area contributed by atoms with Gasteiger partial charge in [-0.05, 0) is 61.1 Å². The lowest BCUT2D eigenvalue weighted by molar-refractivity contribution is 0.00963. The Balaban J connectivity index is 2.51. The van der Waals surface area contributed by atoms with E-state index in [4.69, 9.17) is 4.74 Å². The van der Waals surface area contributed by atoms with Gasteiger partial charge in [-0.25, -0.2) is 4.79 Å². The highest BCUT2D eigenvalue weighted by molar-refractivity contribution is 5.68. The average molecular weight is 299 g/mol. The van der Waals surface area contributed by atoms with Gasteiger partial charge in [-0.2, -0.15) is 0 Å². The maximum absolute atomic E-state index is 12.3. The van der Waals surface area contributed by atoms with E-state index in [9.17, 15) is 4.79 Å². The highest BCUT2D eigenvalue weighted by Crippen LogP contribution is 2.20. The molecule has 0 saturated carbocycles. The van der Waals surface area contributed by atoms with Gasteiger partial charge in [0.25, 0.3) is 0 Å². The summed E-state index contributed by atoms with van der Waals surface area (Å²) in [6, 6.07) is 0.667. The molecular formula is C16H33N3O2. The van der Waals surface area contributed by atoms with Gasteiger partial charge in [0.15, 0.2) is 0 Å². The summed E-state index contributed by atoms with van der Waals surface area (Å²) in [5.41, 5.74) is -0.426. The number of nitrogens with zero attached hydrogens (tertiary/aromatic N) is 2.